The first kappa shape index (κ1) is 24.9. The fraction of sp³-hybridized carbons (Fsp3) is 0.455. The van der Waals surface area contributed by atoms with Gasteiger partial charge in [0.2, 0.25) is 0 Å². The van der Waals surface area contributed by atoms with E-state index in [-0.39, 0.29) is 10.8 Å². The van der Waals surface area contributed by atoms with Crippen LogP contribution in [0.15, 0.2) is 36.4 Å². The maximum absolute atomic E-state index is 9.73. The summed E-state index contributed by atoms with van der Waals surface area (Å²) in [6, 6.07) is 11.8. The Bertz CT molecular complexity index is 716. The van der Waals surface area contributed by atoms with Crippen LogP contribution >= 0.6 is 0 Å². The van der Waals surface area contributed by atoms with Crippen molar-refractivity contribution in [3.05, 3.63) is 58.7 Å². The first-order valence-corrected chi connectivity index (χ1v) is 9.44. The van der Waals surface area contributed by atoms with Crippen LogP contribution in [0.1, 0.15) is 63.8 Å². The molecule has 0 aliphatic heterocycles. The molecule has 150 valence electrons. The summed E-state index contributed by atoms with van der Waals surface area (Å²) in [5, 5.41) is 19.5. The third-order valence-corrected chi connectivity index (χ3v) is 4.09. The first-order chi connectivity index (χ1) is 12.3. The lowest BCUT2D eigenvalue weighted by Gasteiger charge is -2.21. The molecule has 2 rings (SSSR count). The molecule has 0 aromatic heterocycles. The number of benzene rings is 2. The average molecular weight is 393 g/mol. The Hall–Kier alpha value is -2.14. The SMILES string of the molecule is Cc1cccc(C(C)(C)C)c1O.Cc1cccc(C(C)(C)C)c1O.O=S=O. The number of hydrogen-bond donors (Lipinski definition) is 2. The molecular weight excluding hydrogens is 360 g/mol. The van der Waals surface area contributed by atoms with E-state index in [4.69, 9.17) is 8.42 Å². The van der Waals surface area contributed by atoms with Crippen LogP contribution in [0.2, 0.25) is 0 Å². The van der Waals surface area contributed by atoms with Gasteiger partial charge in [-0.2, -0.15) is 8.42 Å². The molecule has 27 heavy (non-hydrogen) atoms. The van der Waals surface area contributed by atoms with Crippen LogP contribution in [0.5, 0.6) is 11.5 Å². The molecule has 0 radical (unpaired) electrons. The van der Waals surface area contributed by atoms with Gasteiger partial charge in [0.1, 0.15) is 11.5 Å². The second-order valence-corrected chi connectivity index (χ2v) is 8.65. The number of para-hydroxylation sites is 2. The van der Waals surface area contributed by atoms with Crippen molar-refractivity contribution in [3.8, 4) is 11.5 Å². The highest BCUT2D eigenvalue weighted by atomic mass is 32.1. The van der Waals surface area contributed by atoms with E-state index in [0.717, 1.165) is 22.3 Å². The molecule has 0 aliphatic carbocycles. The molecule has 0 spiro atoms. The van der Waals surface area contributed by atoms with Crippen molar-refractivity contribution < 1.29 is 18.6 Å². The summed E-state index contributed by atoms with van der Waals surface area (Å²) in [5.41, 5.74) is 3.97. The summed E-state index contributed by atoms with van der Waals surface area (Å²) in [5.74, 6) is 0.870. The second-order valence-electron chi connectivity index (χ2n) is 8.51. The summed E-state index contributed by atoms with van der Waals surface area (Å²) in [6.45, 7) is 16.4. The zero-order valence-electron chi connectivity index (χ0n) is 17.6. The van der Waals surface area contributed by atoms with E-state index in [2.05, 4.69) is 41.5 Å². The molecule has 0 saturated heterocycles. The quantitative estimate of drug-likeness (QED) is 0.636. The van der Waals surface area contributed by atoms with Gasteiger partial charge in [-0.25, -0.2) is 0 Å². The van der Waals surface area contributed by atoms with Gasteiger partial charge in [0, 0.05) is 0 Å². The Morgan fingerprint density at radius 3 is 1.11 bits per heavy atom. The highest BCUT2D eigenvalue weighted by molar-refractivity contribution is 7.51. The fourth-order valence-corrected chi connectivity index (χ4v) is 2.53. The van der Waals surface area contributed by atoms with Gasteiger partial charge in [0.05, 0.1) is 0 Å². The topological polar surface area (TPSA) is 74.6 Å². The second kappa shape index (κ2) is 10.3. The zero-order valence-corrected chi connectivity index (χ0v) is 18.4. The molecule has 5 heteroatoms. The summed E-state index contributed by atoms with van der Waals surface area (Å²) < 4.78 is 16.6. The highest BCUT2D eigenvalue weighted by Crippen LogP contribution is 2.33. The van der Waals surface area contributed by atoms with Crippen LogP contribution in [0, 0.1) is 13.8 Å². The fourth-order valence-electron chi connectivity index (χ4n) is 2.53. The number of phenols is 2. The van der Waals surface area contributed by atoms with Gasteiger partial charge in [-0.15, -0.1) is 0 Å². The van der Waals surface area contributed by atoms with Gasteiger partial charge in [-0.1, -0.05) is 77.9 Å². The van der Waals surface area contributed by atoms with Gasteiger partial charge in [-0.05, 0) is 46.9 Å². The molecule has 0 atom stereocenters. The Balaban J connectivity index is 0.000000438. The lowest BCUT2D eigenvalue weighted by molar-refractivity contribution is 0.442. The van der Waals surface area contributed by atoms with Crippen LogP contribution in [0.3, 0.4) is 0 Å². The van der Waals surface area contributed by atoms with Crippen LogP contribution in [0.25, 0.3) is 0 Å². The van der Waals surface area contributed by atoms with Crippen molar-refractivity contribution in [1.82, 2.24) is 0 Å². The van der Waals surface area contributed by atoms with Crippen molar-refractivity contribution >= 4 is 11.6 Å². The predicted molar refractivity (Wildman–Crippen MR) is 112 cm³/mol. The van der Waals surface area contributed by atoms with E-state index in [1.54, 1.807) is 0 Å². The Morgan fingerprint density at radius 2 is 0.926 bits per heavy atom. The minimum atomic E-state index is -0.750. The molecule has 2 aromatic carbocycles. The number of rotatable bonds is 0. The molecule has 0 amide bonds. The zero-order chi connectivity index (χ0) is 21.4. The third kappa shape index (κ3) is 7.95. The van der Waals surface area contributed by atoms with Gasteiger partial charge in [0.15, 0.2) is 0 Å². The van der Waals surface area contributed by atoms with Crippen molar-refractivity contribution in [1.29, 1.82) is 0 Å². The Kier molecular flexibility index (Phi) is 9.45. The normalized spacial score (nSPS) is 10.8. The molecule has 2 N–H and O–H groups in total. The van der Waals surface area contributed by atoms with Crippen LogP contribution in [0.4, 0.5) is 0 Å². The van der Waals surface area contributed by atoms with E-state index in [1.165, 1.54) is 0 Å². The minimum Gasteiger partial charge on any atom is -0.507 e. The first-order valence-electron chi connectivity index (χ1n) is 8.77. The molecule has 0 heterocycles. The summed E-state index contributed by atoms with van der Waals surface area (Å²) >= 11 is -0.750. The third-order valence-electron chi connectivity index (χ3n) is 4.09. The van der Waals surface area contributed by atoms with E-state index in [9.17, 15) is 10.2 Å². The largest absolute Gasteiger partial charge is 0.507 e. The number of aromatic hydroxyl groups is 2. The van der Waals surface area contributed by atoms with Gasteiger partial charge >= 0.3 is 11.6 Å². The Morgan fingerprint density at radius 1 is 0.667 bits per heavy atom. The van der Waals surface area contributed by atoms with Crippen molar-refractivity contribution in [2.75, 3.05) is 0 Å². The number of hydrogen-bond acceptors (Lipinski definition) is 4. The van der Waals surface area contributed by atoms with Gasteiger partial charge in [-0.3, -0.25) is 0 Å². The molecule has 0 saturated carbocycles. The molecule has 0 bridgehead atoms. The lowest BCUT2D eigenvalue weighted by atomic mass is 9.85. The van der Waals surface area contributed by atoms with Crippen molar-refractivity contribution in [3.63, 3.8) is 0 Å². The molecule has 0 fully saturated rings. The molecule has 0 aliphatic rings. The van der Waals surface area contributed by atoms with E-state index < -0.39 is 11.6 Å². The molecule has 2 aromatic rings. The summed E-state index contributed by atoms with van der Waals surface area (Å²) in [4.78, 5) is 0. The standard InChI is InChI=1S/2C11H16O.O2S/c2*1-8-6-5-7-9(10(8)12)11(2,3)4;1-3-2/h2*5-7,12H,1-4H3;. The number of phenolic OH excluding ortho intramolecular Hbond substituents is 2. The smallest absolute Gasteiger partial charge is 0.335 e. The maximum Gasteiger partial charge on any atom is 0.335 e. The summed E-state index contributed by atoms with van der Waals surface area (Å²) in [7, 11) is 0. The van der Waals surface area contributed by atoms with Crippen molar-refractivity contribution in [2.45, 2.75) is 66.2 Å². The van der Waals surface area contributed by atoms with Gasteiger partial charge in [0.25, 0.3) is 0 Å². The van der Waals surface area contributed by atoms with E-state index >= 15 is 0 Å². The molecular formula is C22H32O4S. The van der Waals surface area contributed by atoms with Crippen molar-refractivity contribution in [2.24, 2.45) is 0 Å². The minimum absolute atomic E-state index is 0.0239. The molecule has 4 nitrogen and oxygen atoms in total. The van der Waals surface area contributed by atoms with Crippen LogP contribution in [-0.4, -0.2) is 18.6 Å². The molecule has 0 unspecified atom stereocenters. The van der Waals surface area contributed by atoms with Crippen LogP contribution < -0.4 is 0 Å². The Labute approximate surface area is 166 Å². The average Bonchev–Trinajstić information content (AvgIpc) is 2.52. The van der Waals surface area contributed by atoms with E-state index in [0.29, 0.717) is 11.5 Å². The summed E-state index contributed by atoms with van der Waals surface area (Å²) in [6.07, 6.45) is 0. The highest BCUT2D eigenvalue weighted by Gasteiger charge is 2.18. The van der Waals surface area contributed by atoms with E-state index in [1.807, 2.05) is 50.2 Å². The predicted octanol–water partition coefficient (Wildman–Crippen LogP) is 5.33. The lowest BCUT2D eigenvalue weighted by Crippen LogP contribution is -2.11. The maximum atomic E-state index is 9.73. The monoisotopic (exact) mass is 392 g/mol. The number of aryl methyl sites for hydroxylation is 2. The van der Waals surface area contributed by atoms with Gasteiger partial charge < -0.3 is 10.2 Å². The van der Waals surface area contributed by atoms with Crippen LogP contribution in [-0.2, 0) is 22.4 Å².